The number of benzene rings is 1. The van der Waals surface area contributed by atoms with Crippen LogP contribution < -0.4 is 4.90 Å². The van der Waals surface area contributed by atoms with E-state index in [-0.39, 0.29) is 5.25 Å². The van der Waals surface area contributed by atoms with Crippen molar-refractivity contribution in [2.45, 2.75) is 31.9 Å². The topological polar surface area (TPSA) is 23.6 Å². The highest BCUT2D eigenvalue weighted by atomic mass is 32.2. The van der Waals surface area contributed by atoms with Crippen LogP contribution in [-0.4, -0.2) is 48.0 Å². The molecule has 1 aromatic rings. The van der Waals surface area contributed by atoms with Gasteiger partial charge in [-0.15, -0.1) is 11.8 Å². The van der Waals surface area contributed by atoms with Crippen LogP contribution in [-0.2, 0) is 4.79 Å². The first-order chi connectivity index (χ1) is 10.2. The summed E-state index contributed by atoms with van der Waals surface area (Å²) in [6.45, 7) is 7.99. The summed E-state index contributed by atoms with van der Waals surface area (Å²) in [4.78, 5) is 16.9. The van der Waals surface area contributed by atoms with Crippen molar-refractivity contribution in [2.75, 3.05) is 36.8 Å². The van der Waals surface area contributed by atoms with E-state index >= 15 is 0 Å². The molecule has 3 nitrogen and oxygen atoms in total. The second-order valence-corrected chi connectivity index (χ2v) is 7.34. The van der Waals surface area contributed by atoms with E-state index in [9.17, 15) is 4.79 Å². The normalized spacial score (nSPS) is 22.7. The molecule has 2 saturated heterocycles. The fraction of sp³-hybridized carbons (Fsp3) is 0.588. The highest BCUT2D eigenvalue weighted by Gasteiger charge is 2.30. The molecule has 2 aliphatic heterocycles. The van der Waals surface area contributed by atoms with Gasteiger partial charge in [0.25, 0.3) is 0 Å². The van der Waals surface area contributed by atoms with Gasteiger partial charge in [-0.3, -0.25) is 4.79 Å². The number of amides is 1. The number of hydrogen-bond donors (Lipinski definition) is 0. The van der Waals surface area contributed by atoms with E-state index in [1.807, 2.05) is 11.8 Å². The number of carbonyl (C=O) groups is 1. The Morgan fingerprint density at radius 2 is 1.95 bits per heavy atom. The Morgan fingerprint density at radius 3 is 2.62 bits per heavy atom. The van der Waals surface area contributed by atoms with Gasteiger partial charge in [-0.2, -0.15) is 0 Å². The molecular weight excluding hydrogens is 280 g/mol. The first-order valence-electron chi connectivity index (χ1n) is 7.88. The third-order valence-corrected chi connectivity index (χ3v) is 6.08. The van der Waals surface area contributed by atoms with E-state index in [2.05, 4.69) is 41.8 Å². The summed E-state index contributed by atoms with van der Waals surface area (Å²) in [7, 11) is 0. The molecule has 3 rings (SSSR count). The monoisotopic (exact) mass is 304 g/mol. The van der Waals surface area contributed by atoms with Crippen molar-refractivity contribution in [1.82, 2.24) is 4.90 Å². The molecule has 0 spiro atoms. The van der Waals surface area contributed by atoms with Gasteiger partial charge in [-0.05, 0) is 49.6 Å². The Labute approximate surface area is 131 Å². The van der Waals surface area contributed by atoms with Gasteiger partial charge in [0.15, 0.2) is 0 Å². The maximum atomic E-state index is 12.5. The van der Waals surface area contributed by atoms with Crippen molar-refractivity contribution in [1.29, 1.82) is 0 Å². The molecule has 0 bridgehead atoms. The van der Waals surface area contributed by atoms with E-state index in [0.29, 0.717) is 5.91 Å². The Morgan fingerprint density at radius 1 is 1.19 bits per heavy atom. The quantitative estimate of drug-likeness (QED) is 0.839. The van der Waals surface area contributed by atoms with Crippen molar-refractivity contribution >= 4 is 23.4 Å². The standard InChI is InChI=1S/C17H24N2OS/c1-13-5-3-6-15(14(13)2)18-8-10-19(11-9-18)17(20)16-7-4-12-21-16/h3,5-6,16H,4,7-12H2,1-2H3. The van der Waals surface area contributed by atoms with Gasteiger partial charge in [0, 0.05) is 31.9 Å². The van der Waals surface area contributed by atoms with Gasteiger partial charge < -0.3 is 9.80 Å². The van der Waals surface area contributed by atoms with E-state index in [0.717, 1.165) is 38.4 Å². The Kier molecular flexibility index (Phi) is 4.43. The highest BCUT2D eigenvalue weighted by Crippen LogP contribution is 2.29. The molecule has 114 valence electrons. The molecule has 2 fully saturated rings. The molecule has 1 unspecified atom stereocenters. The number of anilines is 1. The minimum Gasteiger partial charge on any atom is -0.368 e. The lowest BCUT2D eigenvalue weighted by Gasteiger charge is -2.37. The van der Waals surface area contributed by atoms with Gasteiger partial charge in [0.2, 0.25) is 5.91 Å². The molecule has 1 amide bonds. The Hall–Kier alpha value is -1.16. The molecule has 0 radical (unpaired) electrons. The summed E-state index contributed by atoms with van der Waals surface area (Å²) in [6.07, 6.45) is 2.27. The molecular formula is C17H24N2OS. The molecule has 2 aliphatic rings. The van der Waals surface area contributed by atoms with Gasteiger partial charge in [0.1, 0.15) is 0 Å². The SMILES string of the molecule is Cc1cccc(N2CCN(C(=O)C3CCCS3)CC2)c1C. The molecule has 0 saturated carbocycles. The third kappa shape index (κ3) is 3.05. The first kappa shape index (κ1) is 14.8. The van der Waals surface area contributed by atoms with Crippen LogP contribution in [0.3, 0.4) is 0 Å². The second kappa shape index (κ2) is 6.30. The Bertz CT molecular complexity index is 518. The van der Waals surface area contributed by atoms with Gasteiger partial charge in [-0.1, -0.05) is 12.1 Å². The van der Waals surface area contributed by atoms with Crippen LogP contribution in [0.2, 0.25) is 0 Å². The van der Waals surface area contributed by atoms with Crippen molar-refractivity contribution in [2.24, 2.45) is 0 Å². The fourth-order valence-electron chi connectivity index (χ4n) is 3.22. The minimum atomic E-state index is 0.234. The molecule has 0 N–H and O–H groups in total. The van der Waals surface area contributed by atoms with Crippen LogP contribution in [0, 0.1) is 13.8 Å². The summed E-state index contributed by atoms with van der Waals surface area (Å²) in [5.41, 5.74) is 4.04. The Balaban J connectivity index is 1.62. The maximum Gasteiger partial charge on any atom is 0.235 e. The number of aryl methyl sites for hydroxylation is 1. The smallest absolute Gasteiger partial charge is 0.235 e. The number of hydrogen-bond acceptors (Lipinski definition) is 3. The number of carbonyl (C=O) groups excluding carboxylic acids is 1. The first-order valence-corrected chi connectivity index (χ1v) is 8.93. The van der Waals surface area contributed by atoms with Crippen LogP contribution in [0.1, 0.15) is 24.0 Å². The van der Waals surface area contributed by atoms with Crippen molar-refractivity contribution < 1.29 is 4.79 Å². The van der Waals surface area contributed by atoms with E-state index in [4.69, 9.17) is 0 Å². The van der Waals surface area contributed by atoms with Crippen LogP contribution in [0.4, 0.5) is 5.69 Å². The predicted molar refractivity (Wildman–Crippen MR) is 90.2 cm³/mol. The van der Waals surface area contributed by atoms with Gasteiger partial charge in [0.05, 0.1) is 5.25 Å². The van der Waals surface area contributed by atoms with Crippen LogP contribution in [0.15, 0.2) is 18.2 Å². The molecule has 0 aromatic heterocycles. The highest BCUT2D eigenvalue weighted by molar-refractivity contribution is 8.00. The second-order valence-electron chi connectivity index (χ2n) is 6.03. The zero-order valence-electron chi connectivity index (χ0n) is 13.0. The van der Waals surface area contributed by atoms with Gasteiger partial charge >= 0.3 is 0 Å². The summed E-state index contributed by atoms with van der Waals surface area (Å²) < 4.78 is 0. The molecule has 0 aliphatic carbocycles. The lowest BCUT2D eigenvalue weighted by Crippen LogP contribution is -2.51. The average Bonchev–Trinajstić information content (AvgIpc) is 3.04. The van der Waals surface area contributed by atoms with E-state index < -0.39 is 0 Å². The molecule has 2 heterocycles. The largest absolute Gasteiger partial charge is 0.368 e. The summed E-state index contributed by atoms with van der Waals surface area (Å²) in [6, 6.07) is 6.49. The van der Waals surface area contributed by atoms with E-state index in [1.54, 1.807) is 0 Å². The van der Waals surface area contributed by atoms with Gasteiger partial charge in [-0.25, -0.2) is 0 Å². The fourth-order valence-corrected chi connectivity index (χ4v) is 4.46. The van der Waals surface area contributed by atoms with Crippen molar-refractivity contribution in [3.05, 3.63) is 29.3 Å². The number of nitrogens with zero attached hydrogens (tertiary/aromatic N) is 2. The molecule has 4 heteroatoms. The average molecular weight is 304 g/mol. The maximum absolute atomic E-state index is 12.5. The zero-order chi connectivity index (χ0) is 14.8. The molecule has 1 aromatic carbocycles. The number of piperazine rings is 1. The molecule has 21 heavy (non-hydrogen) atoms. The number of rotatable bonds is 2. The lowest BCUT2D eigenvalue weighted by atomic mass is 10.1. The summed E-state index contributed by atoms with van der Waals surface area (Å²) in [5.74, 6) is 1.52. The van der Waals surface area contributed by atoms with Crippen molar-refractivity contribution in [3.8, 4) is 0 Å². The third-order valence-electron chi connectivity index (χ3n) is 4.71. The summed E-state index contributed by atoms with van der Waals surface area (Å²) in [5, 5.41) is 0.234. The lowest BCUT2D eigenvalue weighted by molar-refractivity contribution is -0.130. The van der Waals surface area contributed by atoms with E-state index in [1.165, 1.54) is 23.2 Å². The molecule has 1 atom stereocenters. The number of thioether (sulfide) groups is 1. The van der Waals surface area contributed by atoms with Crippen LogP contribution >= 0.6 is 11.8 Å². The van der Waals surface area contributed by atoms with Crippen LogP contribution in [0.25, 0.3) is 0 Å². The van der Waals surface area contributed by atoms with Crippen LogP contribution in [0.5, 0.6) is 0 Å². The predicted octanol–water partition coefficient (Wildman–Crippen LogP) is 2.85. The summed E-state index contributed by atoms with van der Waals surface area (Å²) >= 11 is 1.84. The minimum absolute atomic E-state index is 0.234. The van der Waals surface area contributed by atoms with Crippen molar-refractivity contribution in [3.63, 3.8) is 0 Å². The zero-order valence-corrected chi connectivity index (χ0v) is 13.8.